The van der Waals surface area contributed by atoms with Gasteiger partial charge in [-0.05, 0) is 12.3 Å². The fourth-order valence-electron chi connectivity index (χ4n) is 1.26. The third-order valence-electron chi connectivity index (χ3n) is 1.74. The fourth-order valence-corrected chi connectivity index (χ4v) is 1.26. The Bertz CT molecular complexity index is 292. The van der Waals surface area contributed by atoms with Gasteiger partial charge < -0.3 is 4.57 Å². The Morgan fingerprint density at radius 1 is 1.50 bits per heavy atom. The van der Waals surface area contributed by atoms with Crippen LogP contribution in [0, 0.1) is 12.3 Å². The third kappa shape index (κ3) is 0.561. The van der Waals surface area contributed by atoms with Gasteiger partial charge in [0.2, 0.25) is 5.82 Å². The van der Waals surface area contributed by atoms with E-state index in [0.29, 0.717) is 5.82 Å². The van der Waals surface area contributed by atoms with Crippen molar-refractivity contribution < 1.29 is 0 Å². The second-order valence-electron chi connectivity index (χ2n) is 2.34. The van der Waals surface area contributed by atoms with E-state index in [1.807, 2.05) is 4.57 Å². The van der Waals surface area contributed by atoms with Crippen molar-refractivity contribution in [3.05, 3.63) is 11.6 Å². The summed E-state index contributed by atoms with van der Waals surface area (Å²) in [5.74, 6) is 4.21. The van der Waals surface area contributed by atoms with Crippen LogP contribution in [0.5, 0.6) is 0 Å². The quantitative estimate of drug-likeness (QED) is 0.473. The van der Waals surface area contributed by atoms with Gasteiger partial charge in [-0.25, -0.2) is 0 Å². The molecule has 0 amide bonds. The lowest BCUT2D eigenvalue weighted by molar-refractivity contribution is 0.732. The highest BCUT2D eigenvalue weighted by atomic mass is 15.3. The number of aromatic nitrogens is 3. The predicted octanol–water partition coefficient (Wildman–Crippen LogP) is 0.206. The summed E-state index contributed by atoms with van der Waals surface area (Å²) in [6.07, 6.45) is 7.37. The monoisotopic (exact) mass is 133 g/mol. The minimum atomic E-state index is 0.674. The zero-order chi connectivity index (χ0) is 6.97. The lowest BCUT2D eigenvalue weighted by Gasteiger charge is -1.92. The molecular formula is C7H7N3. The van der Waals surface area contributed by atoms with Crippen molar-refractivity contribution in [1.82, 2.24) is 14.8 Å². The van der Waals surface area contributed by atoms with Gasteiger partial charge in [0.25, 0.3) is 0 Å². The summed E-state index contributed by atoms with van der Waals surface area (Å²) >= 11 is 0. The SMILES string of the molecule is C#Cc1nnc2n1CCC2. The Kier molecular flexibility index (Phi) is 1.01. The maximum Gasteiger partial charge on any atom is 0.207 e. The first-order valence-electron chi connectivity index (χ1n) is 3.30. The molecule has 0 unspecified atom stereocenters. The summed E-state index contributed by atoms with van der Waals surface area (Å²) < 4.78 is 2.00. The molecule has 2 rings (SSSR count). The molecule has 0 N–H and O–H groups in total. The van der Waals surface area contributed by atoms with Crippen LogP contribution in [-0.2, 0) is 13.0 Å². The summed E-state index contributed by atoms with van der Waals surface area (Å²) in [7, 11) is 0. The molecule has 3 nitrogen and oxygen atoms in total. The van der Waals surface area contributed by atoms with Gasteiger partial charge in [-0.15, -0.1) is 16.6 Å². The summed E-state index contributed by atoms with van der Waals surface area (Å²) in [5, 5.41) is 7.77. The number of fused-ring (bicyclic) bond motifs is 1. The van der Waals surface area contributed by atoms with Crippen LogP contribution in [0.1, 0.15) is 18.1 Å². The van der Waals surface area contributed by atoms with E-state index in [2.05, 4.69) is 16.1 Å². The van der Waals surface area contributed by atoms with Gasteiger partial charge in [-0.3, -0.25) is 0 Å². The van der Waals surface area contributed by atoms with E-state index in [-0.39, 0.29) is 0 Å². The third-order valence-corrected chi connectivity index (χ3v) is 1.74. The number of terminal acetylenes is 1. The van der Waals surface area contributed by atoms with Crippen LogP contribution < -0.4 is 0 Å². The van der Waals surface area contributed by atoms with Gasteiger partial charge in [0.15, 0.2) is 0 Å². The molecule has 3 heteroatoms. The minimum Gasteiger partial charge on any atom is -0.304 e. The Labute approximate surface area is 59.1 Å². The smallest absolute Gasteiger partial charge is 0.207 e. The summed E-state index contributed by atoms with van der Waals surface area (Å²) in [4.78, 5) is 0. The van der Waals surface area contributed by atoms with E-state index >= 15 is 0 Å². The molecule has 0 radical (unpaired) electrons. The van der Waals surface area contributed by atoms with E-state index in [4.69, 9.17) is 6.42 Å². The highest BCUT2D eigenvalue weighted by Gasteiger charge is 2.14. The van der Waals surface area contributed by atoms with E-state index in [1.54, 1.807) is 0 Å². The van der Waals surface area contributed by atoms with Gasteiger partial charge in [-0.1, -0.05) is 0 Å². The lowest BCUT2D eigenvalue weighted by atomic mass is 10.4. The van der Waals surface area contributed by atoms with Crippen LogP contribution in [0.25, 0.3) is 0 Å². The van der Waals surface area contributed by atoms with Crippen molar-refractivity contribution in [3.63, 3.8) is 0 Å². The van der Waals surface area contributed by atoms with Crippen LogP contribution in [-0.4, -0.2) is 14.8 Å². The zero-order valence-electron chi connectivity index (χ0n) is 5.54. The molecule has 1 aliphatic heterocycles. The minimum absolute atomic E-state index is 0.674. The van der Waals surface area contributed by atoms with Crippen molar-refractivity contribution in [2.45, 2.75) is 19.4 Å². The first kappa shape index (κ1) is 5.48. The molecule has 0 spiro atoms. The molecule has 0 fully saturated rings. The molecule has 0 aliphatic carbocycles. The fraction of sp³-hybridized carbons (Fsp3) is 0.429. The van der Waals surface area contributed by atoms with E-state index in [9.17, 15) is 0 Å². The van der Waals surface area contributed by atoms with E-state index in [1.165, 1.54) is 0 Å². The first-order valence-corrected chi connectivity index (χ1v) is 3.30. The standard InChI is InChI=1S/C7H7N3/c1-2-6-8-9-7-4-3-5-10(6)7/h1H,3-5H2. The maximum absolute atomic E-state index is 5.19. The van der Waals surface area contributed by atoms with Crippen molar-refractivity contribution in [3.8, 4) is 12.3 Å². The van der Waals surface area contributed by atoms with Crippen LogP contribution in [0.3, 0.4) is 0 Å². The summed E-state index contributed by atoms with van der Waals surface area (Å²) in [6, 6.07) is 0. The van der Waals surface area contributed by atoms with Crippen molar-refractivity contribution >= 4 is 0 Å². The normalized spacial score (nSPS) is 14.7. The average molecular weight is 133 g/mol. The number of aryl methyl sites for hydroxylation is 1. The Morgan fingerprint density at radius 2 is 2.40 bits per heavy atom. The van der Waals surface area contributed by atoms with Gasteiger partial charge in [-0.2, -0.15) is 0 Å². The van der Waals surface area contributed by atoms with Crippen LogP contribution in [0.2, 0.25) is 0 Å². The van der Waals surface area contributed by atoms with E-state index in [0.717, 1.165) is 25.2 Å². The van der Waals surface area contributed by atoms with Gasteiger partial charge in [0, 0.05) is 13.0 Å². The highest BCUT2D eigenvalue weighted by Crippen LogP contribution is 2.12. The highest BCUT2D eigenvalue weighted by molar-refractivity contribution is 5.18. The molecule has 0 atom stereocenters. The van der Waals surface area contributed by atoms with Crippen LogP contribution in [0.4, 0.5) is 0 Å². The van der Waals surface area contributed by atoms with Gasteiger partial charge in [0.05, 0.1) is 0 Å². The molecule has 1 aromatic heterocycles. The molecule has 0 bridgehead atoms. The molecule has 50 valence electrons. The van der Waals surface area contributed by atoms with Crippen molar-refractivity contribution in [2.75, 3.05) is 0 Å². The van der Waals surface area contributed by atoms with Gasteiger partial charge in [0.1, 0.15) is 5.82 Å². The average Bonchev–Trinajstić information content (AvgIpc) is 2.44. The largest absolute Gasteiger partial charge is 0.304 e. The first-order chi connectivity index (χ1) is 4.92. The zero-order valence-corrected chi connectivity index (χ0v) is 5.54. The van der Waals surface area contributed by atoms with E-state index < -0.39 is 0 Å². The van der Waals surface area contributed by atoms with Crippen LogP contribution >= 0.6 is 0 Å². The molecular weight excluding hydrogens is 126 g/mol. The number of hydrogen-bond donors (Lipinski definition) is 0. The summed E-state index contributed by atoms with van der Waals surface area (Å²) in [5.41, 5.74) is 0. The molecule has 2 heterocycles. The van der Waals surface area contributed by atoms with Crippen molar-refractivity contribution in [2.24, 2.45) is 0 Å². The number of rotatable bonds is 0. The molecule has 0 saturated carbocycles. The molecule has 1 aliphatic rings. The number of hydrogen-bond acceptors (Lipinski definition) is 2. The molecule has 0 saturated heterocycles. The Hall–Kier alpha value is -1.30. The number of nitrogens with zero attached hydrogens (tertiary/aromatic N) is 3. The Balaban J connectivity index is 2.57. The molecule has 1 aromatic rings. The second kappa shape index (κ2) is 1.84. The Morgan fingerprint density at radius 3 is 3.20 bits per heavy atom. The van der Waals surface area contributed by atoms with Gasteiger partial charge >= 0.3 is 0 Å². The molecule has 10 heavy (non-hydrogen) atoms. The van der Waals surface area contributed by atoms with Crippen molar-refractivity contribution in [1.29, 1.82) is 0 Å². The summed E-state index contributed by atoms with van der Waals surface area (Å²) in [6.45, 7) is 0.988. The van der Waals surface area contributed by atoms with Crippen LogP contribution in [0.15, 0.2) is 0 Å². The predicted molar refractivity (Wildman–Crippen MR) is 36.3 cm³/mol. The second-order valence-corrected chi connectivity index (χ2v) is 2.34. The lowest BCUT2D eigenvalue weighted by Crippen LogP contribution is -1.95. The maximum atomic E-state index is 5.19. The topological polar surface area (TPSA) is 30.7 Å². The molecule has 0 aromatic carbocycles.